The van der Waals surface area contributed by atoms with Crippen LogP contribution >= 0.6 is 0 Å². The maximum Gasteiger partial charge on any atom is -0.412 e. The predicted octanol–water partition coefficient (Wildman–Crippen LogP) is 3.79. The summed E-state index contributed by atoms with van der Waals surface area (Å²) < 4.78 is 5.08. The van der Waals surface area contributed by atoms with Crippen LogP contribution in [0.2, 0.25) is 13.3 Å². The summed E-state index contributed by atoms with van der Waals surface area (Å²) in [7, 11) is 0. The van der Waals surface area contributed by atoms with Gasteiger partial charge in [-0.15, -0.1) is 0 Å². The van der Waals surface area contributed by atoms with Gasteiger partial charge in [0.05, 0.1) is 0 Å². The van der Waals surface area contributed by atoms with E-state index in [-0.39, 0.29) is 5.48 Å². The van der Waals surface area contributed by atoms with E-state index < -0.39 is 19.8 Å². The Bertz CT molecular complexity index is 77.3. The molecule has 0 amide bonds. The molecule has 0 fully saturated rings. The van der Waals surface area contributed by atoms with E-state index in [1.165, 1.54) is 38.5 Å². The van der Waals surface area contributed by atoms with Crippen molar-refractivity contribution in [3.8, 4) is 0 Å². The second-order valence-electron chi connectivity index (χ2n) is 4.29. The summed E-state index contributed by atoms with van der Waals surface area (Å²) in [6.07, 6.45) is 8.87. The molecule has 0 saturated carbocycles. The zero-order chi connectivity index (χ0) is 9.94. The van der Waals surface area contributed by atoms with Crippen LogP contribution in [0.25, 0.3) is 0 Å². The van der Waals surface area contributed by atoms with Crippen molar-refractivity contribution >= 4 is 19.8 Å². The van der Waals surface area contributed by atoms with E-state index in [1.54, 1.807) is 13.3 Å². The number of hydrogen-bond acceptors (Lipinski definition) is 0. The molecule has 0 spiro atoms. The number of hydrogen-bond donors (Lipinski definition) is 0. The monoisotopic (exact) mass is 310 g/mol. The minimum absolute atomic E-state index is 0. The molecule has 0 saturated heterocycles. The number of unbranched alkanes of at least 4 members (excludes halogenated alkanes) is 3. The quantitative estimate of drug-likeness (QED) is 0.580. The molecule has 0 unspecified atom stereocenters. The van der Waals surface area contributed by atoms with Gasteiger partial charge in [0.15, 0.2) is 0 Å². The molecule has 0 aromatic heterocycles. The molecule has 1 nitrogen and oxygen atoms in total. The van der Waals surface area contributed by atoms with Crippen LogP contribution in [-0.2, 0) is 0 Å². The molecule has 0 aliphatic heterocycles. The van der Waals surface area contributed by atoms with Gasteiger partial charge in [0, 0.05) is 0 Å². The Morgan fingerprint density at radius 3 is 1.14 bits per heavy atom. The topological polar surface area (TPSA) is 31.5 Å². The molecule has 88 valence electrons. The maximum atomic E-state index is 2.34. The van der Waals surface area contributed by atoms with Crippen LogP contribution in [0.15, 0.2) is 0 Å². The zero-order valence-electron chi connectivity index (χ0n) is 10.4. The summed E-state index contributed by atoms with van der Waals surface area (Å²) in [5.41, 5.74) is 0. The van der Waals surface area contributed by atoms with Crippen LogP contribution in [0.1, 0.15) is 59.3 Å². The molecule has 0 aliphatic carbocycles. The van der Waals surface area contributed by atoms with Crippen LogP contribution in [-0.4, -0.2) is 25.2 Å². The molecule has 0 bridgehead atoms. The van der Waals surface area contributed by atoms with Crippen molar-refractivity contribution in [3.63, 3.8) is 0 Å². The molecule has 0 atom stereocenters. The van der Waals surface area contributed by atoms with Gasteiger partial charge >= 0.3 is 92.4 Å². The second-order valence-corrected chi connectivity index (χ2v) is 14.2. The molecule has 0 heterocycles. The average Bonchev–Trinajstić information content (AvgIpc) is 2.17. The standard InChI is InChI=1S/3C4H9.H2O.Sn.H/c3*1-3-4-2;;;/h3*1,3-4H2,2H3;1H2;;. The molecule has 0 radical (unpaired) electrons. The largest absolute Gasteiger partial charge is 0.412 e. The van der Waals surface area contributed by atoms with Gasteiger partial charge in [0.2, 0.25) is 0 Å². The number of rotatable bonds is 9. The van der Waals surface area contributed by atoms with E-state index in [9.17, 15) is 0 Å². The molecular weight excluding hydrogens is 279 g/mol. The minimum atomic E-state index is -0.967. The van der Waals surface area contributed by atoms with Crippen molar-refractivity contribution in [2.45, 2.75) is 72.6 Å². The van der Waals surface area contributed by atoms with Gasteiger partial charge in [0.25, 0.3) is 0 Å². The van der Waals surface area contributed by atoms with E-state index >= 15 is 0 Å². The molecule has 0 aromatic carbocycles. The SMILES string of the molecule is CCC[CH2][SnH]([CH2]CCC)[CH2]CCC.O. The fraction of sp³-hybridized carbons (Fsp3) is 1.00. The third-order valence-electron chi connectivity index (χ3n) is 2.90. The van der Waals surface area contributed by atoms with Crippen molar-refractivity contribution < 1.29 is 5.48 Å². The first kappa shape index (κ1) is 17.2. The van der Waals surface area contributed by atoms with E-state index in [0.29, 0.717) is 0 Å². The summed E-state index contributed by atoms with van der Waals surface area (Å²) in [4.78, 5) is 0. The summed E-state index contributed by atoms with van der Waals surface area (Å²) in [5.74, 6) is 0. The zero-order valence-corrected chi connectivity index (χ0v) is 13.7. The minimum Gasteiger partial charge on any atom is -0.412 e. The van der Waals surface area contributed by atoms with Crippen molar-refractivity contribution in [3.05, 3.63) is 0 Å². The van der Waals surface area contributed by atoms with Gasteiger partial charge < -0.3 is 5.48 Å². The van der Waals surface area contributed by atoms with E-state index in [0.717, 1.165) is 0 Å². The third-order valence-corrected chi connectivity index (χ3v) is 13.4. The molecule has 2 heteroatoms. The second kappa shape index (κ2) is 13.8. The van der Waals surface area contributed by atoms with Crippen molar-refractivity contribution in [1.29, 1.82) is 0 Å². The van der Waals surface area contributed by atoms with Crippen LogP contribution < -0.4 is 0 Å². The van der Waals surface area contributed by atoms with Crippen LogP contribution in [0.5, 0.6) is 0 Å². The predicted molar refractivity (Wildman–Crippen MR) is 69.9 cm³/mol. The summed E-state index contributed by atoms with van der Waals surface area (Å²) in [6, 6.07) is 0. The third kappa shape index (κ3) is 10.8. The van der Waals surface area contributed by atoms with Crippen LogP contribution in [0.4, 0.5) is 0 Å². The molecule has 0 aromatic rings. The van der Waals surface area contributed by atoms with Crippen LogP contribution in [0.3, 0.4) is 0 Å². The Morgan fingerprint density at radius 2 is 0.929 bits per heavy atom. The van der Waals surface area contributed by atoms with Crippen molar-refractivity contribution in [2.24, 2.45) is 0 Å². The average molecular weight is 309 g/mol. The van der Waals surface area contributed by atoms with E-state index in [4.69, 9.17) is 0 Å². The Labute approximate surface area is 97.7 Å². The van der Waals surface area contributed by atoms with Gasteiger partial charge in [-0.05, 0) is 0 Å². The summed E-state index contributed by atoms with van der Waals surface area (Å²) in [5, 5.41) is 0. The van der Waals surface area contributed by atoms with Crippen LogP contribution in [0, 0.1) is 0 Å². The molecule has 2 N–H and O–H groups in total. The first-order valence-electron chi connectivity index (χ1n) is 6.35. The Morgan fingerprint density at radius 1 is 0.643 bits per heavy atom. The summed E-state index contributed by atoms with van der Waals surface area (Å²) >= 11 is -0.967. The Balaban J connectivity index is 0. The molecular formula is C12H30OSn. The summed E-state index contributed by atoms with van der Waals surface area (Å²) in [6.45, 7) is 7.01. The van der Waals surface area contributed by atoms with Gasteiger partial charge in [-0.2, -0.15) is 0 Å². The van der Waals surface area contributed by atoms with E-state index in [2.05, 4.69) is 20.8 Å². The fourth-order valence-corrected chi connectivity index (χ4v) is 12.8. The van der Waals surface area contributed by atoms with Gasteiger partial charge in [-0.25, -0.2) is 0 Å². The van der Waals surface area contributed by atoms with Crippen molar-refractivity contribution in [2.75, 3.05) is 0 Å². The molecule has 14 heavy (non-hydrogen) atoms. The smallest absolute Gasteiger partial charge is 0.412 e. The Hall–Kier alpha value is 0.759. The molecule has 0 aliphatic rings. The van der Waals surface area contributed by atoms with Gasteiger partial charge in [-0.3, -0.25) is 0 Å². The molecule has 0 rings (SSSR count). The Kier molecular flexibility index (Phi) is 16.9. The maximum absolute atomic E-state index is 2.34. The van der Waals surface area contributed by atoms with E-state index in [1.807, 2.05) is 0 Å². The fourth-order valence-electron chi connectivity index (χ4n) is 1.91. The first-order valence-corrected chi connectivity index (χ1v) is 13.3. The normalized spacial score (nSPS) is 10.3. The first-order chi connectivity index (χ1) is 6.35. The van der Waals surface area contributed by atoms with Gasteiger partial charge in [-0.1, -0.05) is 0 Å². The van der Waals surface area contributed by atoms with Crippen molar-refractivity contribution in [1.82, 2.24) is 0 Å². The van der Waals surface area contributed by atoms with Gasteiger partial charge in [0.1, 0.15) is 0 Å².